The summed E-state index contributed by atoms with van der Waals surface area (Å²) >= 11 is 0. The molecule has 0 amide bonds. The topological polar surface area (TPSA) is 59.3 Å². The SMILES string of the molecule is COc1ccc(C(=O)CC#N)cc1OC(C)C. The molecule has 0 N–H and O–H groups in total. The van der Waals surface area contributed by atoms with Gasteiger partial charge in [-0.25, -0.2) is 0 Å². The summed E-state index contributed by atoms with van der Waals surface area (Å²) in [5, 5.41) is 8.49. The van der Waals surface area contributed by atoms with Crippen LogP contribution in [0.15, 0.2) is 18.2 Å². The first kappa shape index (κ1) is 13.0. The van der Waals surface area contributed by atoms with E-state index in [1.807, 2.05) is 19.9 Å². The van der Waals surface area contributed by atoms with E-state index >= 15 is 0 Å². The first-order valence-electron chi connectivity index (χ1n) is 5.33. The molecule has 0 aliphatic rings. The molecule has 4 heteroatoms. The van der Waals surface area contributed by atoms with Crippen LogP contribution in [-0.4, -0.2) is 19.0 Å². The van der Waals surface area contributed by atoms with Gasteiger partial charge in [-0.15, -0.1) is 0 Å². The van der Waals surface area contributed by atoms with Crippen LogP contribution in [0.5, 0.6) is 11.5 Å². The molecule has 0 saturated heterocycles. The molecule has 0 heterocycles. The predicted octanol–water partition coefficient (Wildman–Crippen LogP) is 2.58. The summed E-state index contributed by atoms with van der Waals surface area (Å²) in [5.41, 5.74) is 0.461. The Kier molecular flexibility index (Phi) is 4.53. The molecule has 1 aromatic rings. The Balaban J connectivity index is 3.04. The molecule has 0 fully saturated rings. The molecule has 0 bridgehead atoms. The van der Waals surface area contributed by atoms with Crippen LogP contribution in [0.4, 0.5) is 0 Å². The Morgan fingerprint density at radius 3 is 2.65 bits per heavy atom. The summed E-state index contributed by atoms with van der Waals surface area (Å²) in [6.45, 7) is 3.78. The summed E-state index contributed by atoms with van der Waals surface area (Å²) in [7, 11) is 1.54. The molecule has 0 radical (unpaired) electrons. The van der Waals surface area contributed by atoms with Gasteiger partial charge in [0, 0.05) is 5.56 Å². The third kappa shape index (κ3) is 3.49. The van der Waals surface area contributed by atoms with E-state index in [2.05, 4.69) is 0 Å². The summed E-state index contributed by atoms with van der Waals surface area (Å²) in [4.78, 5) is 11.6. The first-order chi connectivity index (χ1) is 8.08. The minimum absolute atomic E-state index is 0.00906. The number of benzene rings is 1. The second kappa shape index (κ2) is 5.90. The van der Waals surface area contributed by atoms with Crippen molar-refractivity contribution in [2.75, 3.05) is 7.11 Å². The number of ketones is 1. The van der Waals surface area contributed by atoms with E-state index in [0.29, 0.717) is 17.1 Å². The van der Waals surface area contributed by atoms with Crippen molar-refractivity contribution in [2.45, 2.75) is 26.4 Å². The highest BCUT2D eigenvalue weighted by molar-refractivity contribution is 5.97. The van der Waals surface area contributed by atoms with E-state index in [9.17, 15) is 4.79 Å². The van der Waals surface area contributed by atoms with Crippen LogP contribution in [0, 0.1) is 11.3 Å². The zero-order chi connectivity index (χ0) is 12.8. The van der Waals surface area contributed by atoms with E-state index in [4.69, 9.17) is 14.7 Å². The lowest BCUT2D eigenvalue weighted by Gasteiger charge is -2.14. The van der Waals surface area contributed by atoms with Crippen molar-refractivity contribution in [3.05, 3.63) is 23.8 Å². The predicted molar refractivity (Wildman–Crippen MR) is 63.3 cm³/mol. The molecule has 4 nitrogen and oxygen atoms in total. The number of Topliss-reactive ketones (excluding diaryl/α,β-unsaturated/α-hetero) is 1. The van der Waals surface area contributed by atoms with E-state index in [1.165, 1.54) is 0 Å². The van der Waals surface area contributed by atoms with Gasteiger partial charge in [-0.2, -0.15) is 5.26 Å². The number of ether oxygens (including phenoxy) is 2. The zero-order valence-corrected chi connectivity index (χ0v) is 10.2. The second-order valence-electron chi connectivity index (χ2n) is 3.79. The second-order valence-corrected chi connectivity index (χ2v) is 3.79. The standard InChI is InChI=1S/C13H15NO3/c1-9(2)17-13-8-10(11(15)6-7-14)4-5-12(13)16-3/h4-5,8-9H,6H2,1-3H3. The molecule has 0 spiro atoms. The third-order valence-corrected chi connectivity index (χ3v) is 2.09. The fourth-order valence-corrected chi connectivity index (χ4v) is 1.37. The van der Waals surface area contributed by atoms with Crippen molar-refractivity contribution in [1.29, 1.82) is 5.26 Å². The van der Waals surface area contributed by atoms with Gasteiger partial charge in [0.05, 0.1) is 25.7 Å². The van der Waals surface area contributed by atoms with Crippen LogP contribution in [0.1, 0.15) is 30.6 Å². The molecule has 1 rings (SSSR count). The van der Waals surface area contributed by atoms with Gasteiger partial charge >= 0.3 is 0 Å². The smallest absolute Gasteiger partial charge is 0.177 e. The van der Waals surface area contributed by atoms with Crippen molar-refractivity contribution in [3.8, 4) is 17.6 Å². The van der Waals surface area contributed by atoms with E-state index in [1.54, 1.807) is 25.3 Å². The number of hydrogen-bond donors (Lipinski definition) is 0. The van der Waals surface area contributed by atoms with Crippen molar-refractivity contribution < 1.29 is 14.3 Å². The van der Waals surface area contributed by atoms with Crippen LogP contribution in [0.3, 0.4) is 0 Å². The van der Waals surface area contributed by atoms with Crippen LogP contribution >= 0.6 is 0 Å². The lowest BCUT2D eigenvalue weighted by atomic mass is 10.1. The Morgan fingerprint density at radius 2 is 2.12 bits per heavy atom. The van der Waals surface area contributed by atoms with Crippen molar-refractivity contribution in [1.82, 2.24) is 0 Å². The zero-order valence-electron chi connectivity index (χ0n) is 10.2. The third-order valence-electron chi connectivity index (χ3n) is 2.09. The number of carbonyl (C=O) groups excluding carboxylic acids is 1. The minimum Gasteiger partial charge on any atom is -0.493 e. The van der Waals surface area contributed by atoms with Gasteiger partial charge in [0.1, 0.15) is 0 Å². The maximum Gasteiger partial charge on any atom is 0.177 e. The van der Waals surface area contributed by atoms with Crippen LogP contribution in [0.2, 0.25) is 0 Å². The van der Waals surface area contributed by atoms with Gasteiger partial charge in [-0.3, -0.25) is 4.79 Å². The molecule has 0 saturated carbocycles. The highest BCUT2D eigenvalue weighted by Crippen LogP contribution is 2.29. The summed E-state index contributed by atoms with van der Waals surface area (Å²) < 4.78 is 10.7. The monoisotopic (exact) mass is 233 g/mol. The minimum atomic E-state index is -0.219. The normalized spacial score (nSPS) is 9.82. The van der Waals surface area contributed by atoms with Gasteiger partial charge in [-0.05, 0) is 32.0 Å². The van der Waals surface area contributed by atoms with Gasteiger partial charge in [0.2, 0.25) is 0 Å². The van der Waals surface area contributed by atoms with Crippen molar-refractivity contribution in [2.24, 2.45) is 0 Å². The number of hydrogen-bond acceptors (Lipinski definition) is 4. The van der Waals surface area contributed by atoms with Gasteiger partial charge in [0.25, 0.3) is 0 Å². The molecule has 1 aromatic carbocycles. The Bertz CT molecular complexity index is 446. The summed E-state index contributed by atoms with van der Waals surface area (Å²) in [5.74, 6) is 0.877. The quantitative estimate of drug-likeness (QED) is 0.733. The van der Waals surface area contributed by atoms with Crippen molar-refractivity contribution >= 4 is 5.78 Å². The molecule has 17 heavy (non-hydrogen) atoms. The van der Waals surface area contributed by atoms with Gasteiger partial charge in [0.15, 0.2) is 17.3 Å². The lowest BCUT2D eigenvalue weighted by Crippen LogP contribution is -2.08. The number of methoxy groups -OCH3 is 1. The fourth-order valence-electron chi connectivity index (χ4n) is 1.37. The van der Waals surface area contributed by atoms with Crippen molar-refractivity contribution in [3.63, 3.8) is 0 Å². The van der Waals surface area contributed by atoms with Crippen LogP contribution in [-0.2, 0) is 0 Å². The summed E-state index contributed by atoms with van der Waals surface area (Å²) in [6.07, 6.45) is -0.141. The molecule has 0 aromatic heterocycles. The molecule has 0 aliphatic carbocycles. The number of carbonyl (C=O) groups is 1. The maximum absolute atomic E-state index is 11.6. The maximum atomic E-state index is 11.6. The first-order valence-corrected chi connectivity index (χ1v) is 5.33. The van der Waals surface area contributed by atoms with Crippen LogP contribution < -0.4 is 9.47 Å². The highest BCUT2D eigenvalue weighted by atomic mass is 16.5. The van der Waals surface area contributed by atoms with Crippen LogP contribution in [0.25, 0.3) is 0 Å². The number of rotatable bonds is 5. The molecule has 0 atom stereocenters. The van der Waals surface area contributed by atoms with E-state index in [-0.39, 0.29) is 18.3 Å². The fraction of sp³-hybridized carbons (Fsp3) is 0.385. The van der Waals surface area contributed by atoms with E-state index in [0.717, 1.165) is 0 Å². The average molecular weight is 233 g/mol. The molecule has 0 unspecified atom stereocenters. The van der Waals surface area contributed by atoms with Gasteiger partial charge < -0.3 is 9.47 Å². The van der Waals surface area contributed by atoms with Gasteiger partial charge in [-0.1, -0.05) is 0 Å². The molecular formula is C13H15NO3. The molecule has 90 valence electrons. The van der Waals surface area contributed by atoms with E-state index < -0.39 is 0 Å². The Hall–Kier alpha value is -2.02. The lowest BCUT2D eigenvalue weighted by molar-refractivity contribution is 0.0997. The Morgan fingerprint density at radius 1 is 1.41 bits per heavy atom. The Labute approximate surface area is 101 Å². The molecule has 0 aliphatic heterocycles. The number of nitriles is 1. The highest BCUT2D eigenvalue weighted by Gasteiger charge is 2.11. The number of nitrogens with zero attached hydrogens (tertiary/aromatic N) is 1. The summed E-state index contributed by atoms with van der Waals surface area (Å²) in [6, 6.07) is 6.74. The largest absolute Gasteiger partial charge is 0.493 e. The average Bonchev–Trinajstić information content (AvgIpc) is 2.28. The molecular weight excluding hydrogens is 218 g/mol.